The standard InChI is InChI=1S/C17H22O3Si.3CO.Fe/c1-5-16(20-21(2,3)4)12-9-13-17(19-14-18)15-10-7-6-8-11-15;3*1-2;/h5-13,17H,1-4H3;;;;/q-1;;;;/b16-5+;;;;/t17-;;;;/m0..../s1. The van der Waals surface area contributed by atoms with Crippen LogP contribution in [0.5, 0.6) is 0 Å². The average Bonchev–Trinajstić information content (AvgIpc) is 2.71. The van der Waals surface area contributed by atoms with E-state index >= 15 is 0 Å². The van der Waals surface area contributed by atoms with Crippen molar-refractivity contribution in [1.29, 1.82) is 0 Å². The minimum absolute atomic E-state index is 0. The van der Waals surface area contributed by atoms with Crippen molar-refractivity contribution in [1.82, 2.24) is 0 Å². The molecule has 0 aliphatic rings. The van der Waals surface area contributed by atoms with Crippen LogP contribution in [0.4, 0.5) is 0 Å². The molecule has 28 heavy (non-hydrogen) atoms. The van der Waals surface area contributed by atoms with Crippen LogP contribution in [0, 0.1) is 39.2 Å². The summed E-state index contributed by atoms with van der Waals surface area (Å²) in [4.78, 5) is 10.5. The van der Waals surface area contributed by atoms with Gasteiger partial charge in [0.2, 0.25) is 8.32 Å². The van der Waals surface area contributed by atoms with E-state index in [4.69, 9.17) is 23.1 Å². The first kappa shape index (κ1) is 33.7. The van der Waals surface area contributed by atoms with E-state index in [0.29, 0.717) is 0 Å². The van der Waals surface area contributed by atoms with Gasteiger partial charge < -0.3 is 14.0 Å². The Hall–Kier alpha value is -1.81. The molecule has 0 spiro atoms. The second kappa shape index (κ2) is 23.2. The van der Waals surface area contributed by atoms with Gasteiger partial charge in [0.05, 0.1) is 11.9 Å². The molecule has 6 nitrogen and oxygen atoms in total. The Labute approximate surface area is 179 Å². The number of benzene rings is 1. The second-order valence-electron chi connectivity index (χ2n) is 5.49. The Kier molecular flexibility index (Phi) is 28.0. The Morgan fingerprint density at radius 1 is 1.07 bits per heavy atom. The van der Waals surface area contributed by atoms with Crippen LogP contribution in [0.15, 0.2) is 42.2 Å². The number of allylic oxidation sites excluding steroid dienone is 2. The summed E-state index contributed by atoms with van der Waals surface area (Å²) in [5, 5.41) is 0. The zero-order chi connectivity index (χ0) is 21.7. The summed E-state index contributed by atoms with van der Waals surface area (Å²) in [6, 6.07) is 9.53. The molecule has 0 aliphatic heterocycles. The van der Waals surface area contributed by atoms with E-state index in [1.807, 2.05) is 56.2 Å². The fraction of sp³-hybridized carbons (Fsp3) is 0.250. The van der Waals surface area contributed by atoms with Gasteiger partial charge >= 0.3 is 33.9 Å². The quantitative estimate of drug-likeness (QED) is 0.250. The van der Waals surface area contributed by atoms with Gasteiger partial charge in [0.25, 0.3) is 0 Å². The Morgan fingerprint density at radius 3 is 1.96 bits per heavy atom. The first-order chi connectivity index (χ1) is 13.0. The van der Waals surface area contributed by atoms with E-state index in [2.05, 4.69) is 39.6 Å². The van der Waals surface area contributed by atoms with Gasteiger partial charge in [-0.1, -0.05) is 42.9 Å². The van der Waals surface area contributed by atoms with Crippen molar-refractivity contribution in [2.24, 2.45) is 0 Å². The molecular weight excluding hydrogens is 420 g/mol. The Morgan fingerprint density at radius 2 is 1.57 bits per heavy atom. The number of hydrogen-bond acceptors (Lipinski definition) is 3. The average molecular weight is 442 g/mol. The van der Waals surface area contributed by atoms with Gasteiger partial charge in [-0.25, -0.2) is 0 Å². The van der Waals surface area contributed by atoms with E-state index in [1.54, 1.807) is 6.42 Å². The van der Waals surface area contributed by atoms with E-state index in [0.717, 1.165) is 11.3 Å². The third kappa shape index (κ3) is 19.0. The molecule has 8 heteroatoms. The van der Waals surface area contributed by atoms with Gasteiger partial charge in [0.1, 0.15) is 0 Å². The summed E-state index contributed by atoms with van der Waals surface area (Å²) < 4.78 is 33.4. The van der Waals surface area contributed by atoms with Crippen LogP contribution in [-0.4, -0.2) is 14.8 Å². The summed E-state index contributed by atoms with van der Waals surface area (Å²) >= 11 is 0. The number of carbonyl (C=O) groups excluding carboxylic acids is 1. The van der Waals surface area contributed by atoms with Gasteiger partial charge in [0.15, 0.2) is 0 Å². The molecule has 0 N–H and O–H groups in total. The zero-order valence-corrected chi connectivity index (χ0v) is 18.2. The van der Waals surface area contributed by atoms with Crippen molar-refractivity contribution in [3.05, 3.63) is 86.9 Å². The molecule has 0 heterocycles. The molecule has 0 unspecified atom stereocenters. The van der Waals surface area contributed by atoms with Crippen molar-refractivity contribution in [2.75, 3.05) is 0 Å². The fourth-order valence-corrected chi connectivity index (χ4v) is 2.60. The minimum Gasteiger partial charge on any atom is 0 e. The largest absolute Gasteiger partial charge is 0 e. The molecule has 0 saturated heterocycles. The maximum absolute atomic E-state index is 10.5. The summed E-state index contributed by atoms with van der Waals surface area (Å²) in [6.07, 6.45) is 7.00. The van der Waals surface area contributed by atoms with Crippen molar-refractivity contribution in [3.63, 3.8) is 0 Å². The second-order valence-corrected chi connectivity index (χ2v) is 9.92. The van der Waals surface area contributed by atoms with Gasteiger partial charge in [-0.2, -0.15) is 0 Å². The van der Waals surface area contributed by atoms with E-state index < -0.39 is 14.4 Å². The minimum atomic E-state index is -1.62. The molecule has 0 bridgehead atoms. The van der Waals surface area contributed by atoms with Crippen molar-refractivity contribution in [3.8, 4) is 0 Å². The van der Waals surface area contributed by atoms with Gasteiger partial charge in [0, 0.05) is 29.9 Å². The molecule has 1 aromatic carbocycles. The van der Waals surface area contributed by atoms with E-state index in [1.165, 1.54) is 6.47 Å². The molecule has 3 radical (unpaired) electrons. The van der Waals surface area contributed by atoms with Crippen molar-refractivity contribution in [2.45, 2.75) is 32.7 Å². The van der Waals surface area contributed by atoms with Crippen LogP contribution in [0.25, 0.3) is 0 Å². The maximum atomic E-state index is 10.5. The van der Waals surface area contributed by atoms with Crippen LogP contribution in [0.1, 0.15) is 18.6 Å². The molecule has 1 atom stereocenters. The monoisotopic (exact) mass is 442 g/mol. The number of hydrogen-bond donors (Lipinski definition) is 0. The van der Waals surface area contributed by atoms with Gasteiger partial charge in [-0.3, -0.25) is 0 Å². The molecule has 0 saturated carbocycles. The first-order valence-electron chi connectivity index (χ1n) is 7.52. The third-order valence-electron chi connectivity index (χ3n) is 2.56. The Balaban J connectivity index is -0.000000374. The predicted molar refractivity (Wildman–Crippen MR) is 98.8 cm³/mol. The number of rotatable bonds is 9. The molecule has 151 valence electrons. The molecule has 1 rings (SSSR count). The molecule has 1 aromatic rings. The molecule has 0 aliphatic carbocycles. The molecule has 0 fully saturated rings. The van der Waals surface area contributed by atoms with E-state index in [-0.39, 0.29) is 17.1 Å². The van der Waals surface area contributed by atoms with Crippen molar-refractivity contribution >= 4 is 14.8 Å². The van der Waals surface area contributed by atoms with Crippen LogP contribution in [-0.2, 0) is 45.0 Å². The molecule has 0 aromatic heterocycles. The first-order valence-corrected chi connectivity index (χ1v) is 10.9. The van der Waals surface area contributed by atoms with Crippen LogP contribution in [0.3, 0.4) is 0 Å². The van der Waals surface area contributed by atoms with E-state index in [9.17, 15) is 4.79 Å². The normalized spacial score (nSPS) is 10.4. The van der Waals surface area contributed by atoms with Gasteiger partial charge in [-0.05, 0) is 38.5 Å². The van der Waals surface area contributed by atoms with Crippen LogP contribution >= 0.6 is 0 Å². The SMILES string of the molecule is C/C=C(\[CH][CH][CH][C@H](O[C-]=O)c1ccccc1)O[Si](C)(C)C.[C-]#[O+].[C-]#[O+].[C-]#[O+].[Fe]. The van der Waals surface area contributed by atoms with Gasteiger partial charge in [-0.15, -0.1) is 0 Å². The molecular formula is C20H22FeO6Si-. The Bertz CT molecular complexity index is 562. The smallest absolute Gasteiger partial charge is 0 e. The fourth-order valence-electron chi connectivity index (χ4n) is 1.71. The maximum Gasteiger partial charge on any atom is 0 e. The van der Waals surface area contributed by atoms with Crippen molar-refractivity contribution < 1.29 is 45.0 Å². The summed E-state index contributed by atoms with van der Waals surface area (Å²) in [5.74, 6) is 0.826. The van der Waals surface area contributed by atoms with Crippen LogP contribution < -0.4 is 0 Å². The summed E-state index contributed by atoms with van der Waals surface area (Å²) in [7, 11) is -1.62. The number of ether oxygens (including phenoxy) is 1. The summed E-state index contributed by atoms with van der Waals surface area (Å²) in [5.41, 5.74) is 0.902. The zero-order valence-electron chi connectivity index (χ0n) is 16.1. The third-order valence-corrected chi connectivity index (χ3v) is 3.41. The predicted octanol–water partition coefficient (Wildman–Crippen LogP) is 4.06. The summed E-state index contributed by atoms with van der Waals surface area (Å²) in [6.45, 7) is 23.3. The molecule has 0 amide bonds. The van der Waals surface area contributed by atoms with Crippen LogP contribution in [0.2, 0.25) is 19.6 Å². The topological polar surface area (TPSA) is 95.2 Å².